The van der Waals surface area contributed by atoms with Crippen molar-refractivity contribution < 1.29 is 4.74 Å². The molecule has 0 spiro atoms. The van der Waals surface area contributed by atoms with E-state index in [1.54, 1.807) is 12.1 Å². The van der Waals surface area contributed by atoms with E-state index in [1.165, 1.54) is 19.2 Å². The standard InChI is InChI=1S/C14H18N4O2/c15-11-7-10-12(16-9-17-14(10)19)8-13(11)20-6-5-18-3-1-2-4-18/h7-9H,1-6,15H2,(H,16,17,19). The molecule has 106 valence electrons. The Morgan fingerprint density at radius 2 is 2.15 bits per heavy atom. The van der Waals surface area contributed by atoms with E-state index in [0.717, 1.165) is 19.6 Å². The SMILES string of the molecule is Nc1cc2c(=O)[nH]cnc2cc1OCCN1CCCC1. The lowest BCUT2D eigenvalue weighted by Gasteiger charge is -2.15. The Morgan fingerprint density at radius 3 is 2.95 bits per heavy atom. The molecule has 1 aromatic carbocycles. The zero-order valence-electron chi connectivity index (χ0n) is 11.3. The molecule has 0 bridgehead atoms. The normalized spacial score (nSPS) is 15.8. The lowest BCUT2D eigenvalue weighted by atomic mass is 10.2. The number of nitrogens with two attached hydrogens (primary N) is 1. The van der Waals surface area contributed by atoms with Crippen LogP contribution in [0.3, 0.4) is 0 Å². The van der Waals surface area contributed by atoms with Crippen LogP contribution in [0.15, 0.2) is 23.3 Å². The summed E-state index contributed by atoms with van der Waals surface area (Å²) in [5, 5.41) is 0.483. The molecule has 6 nitrogen and oxygen atoms in total. The Labute approximate surface area is 116 Å². The third kappa shape index (κ3) is 2.60. The van der Waals surface area contributed by atoms with Gasteiger partial charge in [0, 0.05) is 12.6 Å². The number of fused-ring (bicyclic) bond motifs is 1. The van der Waals surface area contributed by atoms with Gasteiger partial charge in [0.1, 0.15) is 12.4 Å². The summed E-state index contributed by atoms with van der Waals surface area (Å²) in [5.74, 6) is 0.592. The van der Waals surface area contributed by atoms with E-state index < -0.39 is 0 Å². The summed E-state index contributed by atoms with van der Waals surface area (Å²) in [5.41, 5.74) is 6.81. The highest BCUT2D eigenvalue weighted by molar-refractivity contribution is 5.84. The van der Waals surface area contributed by atoms with Crippen LogP contribution in [-0.2, 0) is 0 Å². The number of benzene rings is 1. The van der Waals surface area contributed by atoms with Crippen molar-refractivity contribution in [2.24, 2.45) is 0 Å². The Hall–Kier alpha value is -2.08. The molecule has 0 atom stereocenters. The minimum atomic E-state index is -0.190. The van der Waals surface area contributed by atoms with Gasteiger partial charge >= 0.3 is 0 Å². The van der Waals surface area contributed by atoms with E-state index in [1.807, 2.05) is 0 Å². The van der Waals surface area contributed by atoms with E-state index >= 15 is 0 Å². The summed E-state index contributed by atoms with van der Waals surface area (Å²) in [6, 6.07) is 3.34. The molecular formula is C14H18N4O2. The number of H-pyrrole nitrogens is 1. The summed E-state index contributed by atoms with van der Waals surface area (Å²) in [6.45, 7) is 3.79. The Bertz CT molecular complexity index is 662. The maximum absolute atomic E-state index is 11.6. The van der Waals surface area contributed by atoms with Gasteiger partial charge in [-0.25, -0.2) is 4.98 Å². The molecule has 2 aromatic rings. The number of aromatic amines is 1. The van der Waals surface area contributed by atoms with Gasteiger partial charge in [0.2, 0.25) is 0 Å². The number of aromatic nitrogens is 2. The van der Waals surface area contributed by atoms with E-state index in [0.29, 0.717) is 28.9 Å². The van der Waals surface area contributed by atoms with Gasteiger partial charge < -0.3 is 15.5 Å². The van der Waals surface area contributed by atoms with Gasteiger partial charge in [-0.3, -0.25) is 9.69 Å². The molecule has 3 rings (SSSR count). The molecule has 2 heterocycles. The molecule has 1 fully saturated rings. The molecule has 20 heavy (non-hydrogen) atoms. The van der Waals surface area contributed by atoms with Gasteiger partial charge in [0.15, 0.2) is 0 Å². The minimum Gasteiger partial charge on any atom is -0.490 e. The van der Waals surface area contributed by atoms with E-state index in [4.69, 9.17) is 10.5 Å². The highest BCUT2D eigenvalue weighted by Gasteiger charge is 2.12. The Kier molecular flexibility index (Phi) is 3.56. The first-order chi connectivity index (χ1) is 9.74. The summed E-state index contributed by atoms with van der Waals surface area (Å²) in [4.78, 5) is 20.7. The van der Waals surface area contributed by atoms with E-state index in [9.17, 15) is 4.79 Å². The summed E-state index contributed by atoms with van der Waals surface area (Å²) >= 11 is 0. The molecule has 0 saturated carbocycles. The lowest BCUT2D eigenvalue weighted by molar-refractivity contribution is 0.239. The second kappa shape index (κ2) is 5.50. The molecule has 0 unspecified atom stereocenters. The number of rotatable bonds is 4. The zero-order chi connectivity index (χ0) is 13.9. The monoisotopic (exact) mass is 274 g/mol. The van der Waals surface area contributed by atoms with Gasteiger partial charge in [-0.05, 0) is 32.0 Å². The van der Waals surface area contributed by atoms with Gasteiger partial charge in [0.25, 0.3) is 5.56 Å². The second-order valence-corrected chi connectivity index (χ2v) is 5.04. The third-order valence-electron chi connectivity index (χ3n) is 3.64. The van der Waals surface area contributed by atoms with Crippen LogP contribution in [0.25, 0.3) is 10.9 Å². The maximum atomic E-state index is 11.6. The van der Waals surface area contributed by atoms with Gasteiger partial charge in [-0.1, -0.05) is 0 Å². The fourth-order valence-electron chi connectivity index (χ4n) is 2.53. The fourth-order valence-corrected chi connectivity index (χ4v) is 2.53. The number of anilines is 1. The van der Waals surface area contributed by atoms with Gasteiger partial charge in [-0.15, -0.1) is 0 Å². The predicted octanol–water partition coefficient (Wildman–Crippen LogP) is 0.980. The first kappa shape index (κ1) is 12.9. The molecule has 0 amide bonds. The van der Waals surface area contributed by atoms with Crippen molar-refractivity contribution in [3.8, 4) is 5.75 Å². The van der Waals surface area contributed by atoms with Crippen molar-refractivity contribution in [2.75, 3.05) is 32.0 Å². The van der Waals surface area contributed by atoms with Crippen molar-refractivity contribution in [3.63, 3.8) is 0 Å². The van der Waals surface area contributed by atoms with Crippen LogP contribution in [0.2, 0.25) is 0 Å². The second-order valence-electron chi connectivity index (χ2n) is 5.04. The molecule has 0 radical (unpaired) electrons. The number of nitrogens with one attached hydrogen (secondary N) is 1. The fraction of sp³-hybridized carbons (Fsp3) is 0.429. The average Bonchev–Trinajstić information content (AvgIpc) is 2.94. The van der Waals surface area contributed by atoms with Crippen LogP contribution in [0.1, 0.15) is 12.8 Å². The first-order valence-electron chi connectivity index (χ1n) is 6.86. The highest BCUT2D eigenvalue weighted by Crippen LogP contribution is 2.25. The highest BCUT2D eigenvalue weighted by atomic mass is 16.5. The van der Waals surface area contributed by atoms with E-state index in [-0.39, 0.29) is 5.56 Å². The largest absolute Gasteiger partial charge is 0.490 e. The van der Waals surface area contributed by atoms with Crippen molar-refractivity contribution in [1.29, 1.82) is 0 Å². The molecule has 6 heteroatoms. The van der Waals surface area contributed by atoms with Crippen LogP contribution >= 0.6 is 0 Å². The Balaban J connectivity index is 1.74. The quantitative estimate of drug-likeness (QED) is 0.812. The van der Waals surface area contributed by atoms with Crippen LogP contribution < -0.4 is 16.0 Å². The Morgan fingerprint density at radius 1 is 1.35 bits per heavy atom. The number of likely N-dealkylation sites (tertiary alicyclic amines) is 1. The van der Waals surface area contributed by atoms with Gasteiger partial charge in [0.05, 0.1) is 22.9 Å². The summed E-state index contributed by atoms with van der Waals surface area (Å²) in [6.07, 6.45) is 3.92. The third-order valence-corrected chi connectivity index (χ3v) is 3.64. The predicted molar refractivity (Wildman–Crippen MR) is 77.9 cm³/mol. The lowest BCUT2D eigenvalue weighted by Crippen LogP contribution is -2.25. The zero-order valence-corrected chi connectivity index (χ0v) is 11.3. The van der Waals surface area contributed by atoms with Crippen LogP contribution in [0.4, 0.5) is 5.69 Å². The first-order valence-corrected chi connectivity index (χ1v) is 6.86. The number of hydrogen-bond acceptors (Lipinski definition) is 5. The number of ether oxygens (including phenoxy) is 1. The summed E-state index contributed by atoms with van der Waals surface area (Å²) in [7, 11) is 0. The minimum absolute atomic E-state index is 0.190. The van der Waals surface area contributed by atoms with Gasteiger partial charge in [-0.2, -0.15) is 0 Å². The summed E-state index contributed by atoms with van der Waals surface area (Å²) < 4.78 is 5.73. The molecule has 1 aliphatic heterocycles. The smallest absolute Gasteiger partial charge is 0.258 e. The van der Waals surface area contributed by atoms with Crippen molar-refractivity contribution in [2.45, 2.75) is 12.8 Å². The molecule has 1 aromatic heterocycles. The van der Waals surface area contributed by atoms with Crippen molar-refractivity contribution in [1.82, 2.24) is 14.9 Å². The molecule has 1 saturated heterocycles. The van der Waals surface area contributed by atoms with Crippen molar-refractivity contribution in [3.05, 3.63) is 28.8 Å². The van der Waals surface area contributed by atoms with Crippen LogP contribution in [0, 0.1) is 0 Å². The van der Waals surface area contributed by atoms with Crippen LogP contribution in [-0.4, -0.2) is 41.1 Å². The molecule has 0 aliphatic carbocycles. The molecule has 1 aliphatic rings. The topological polar surface area (TPSA) is 84.2 Å². The number of nitrogens with zero attached hydrogens (tertiary/aromatic N) is 2. The molecule has 3 N–H and O–H groups in total. The van der Waals surface area contributed by atoms with Crippen molar-refractivity contribution >= 4 is 16.6 Å². The molecular weight excluding hydrogens is 256 g/mol. The van der Waals surface area contributed by atoms with E-state index in [2.05, 4.69) is 14.9 Å². The number of nitrogen functional groups attached to an aromatic ring is 1. The average molecular weight is 274 g/mol. The number of hydrogen-bond donors (Lipinski definition) is 2. The van der Waals surface area contributed by atoms with Crippen LogP contribution in [0.5, 0.6) is 5.75 Å². The maximum Gasteiger partial charge on any atom is 0.258 e.